The van der Waals surface area contributed by atoms with Gasteiger partial charge in [-0.2, -0.15) is 0 Å². The molecule has 2 rings (SSSR count). The zero-order valence-electron chi connectivity index (χ0n) is 17.3. The van der Waals surface area contributed by atoms with Gasteiger partial charge in [0.1, 0.15) is 5.82 Å². The van der Waals surface area contributed by atoms with Crippen LogP contribution >= 0.6 is 0 Å². The van der Waals surface area contributed by atoms with Crippen LogP contribution in [0.25, 0.3) is 5.57 Å². The maximum absolute atomic E-state index is 14.0. The van der Waals surface area contributed by atoms with Crippen LogP contribution in [-0.4, -0.2) is 20.6 Å². The molecular weight excluding hydrogens is 391 g/mol. The molecule has 2 aromatic rings. The number of carbonyl (C=O) groups is 1. The average Bonchev–Trinajstić information content (AvgIpc) is 2.60. The monoisotopic (exact) mass is 418 g/mol. The Labute approximate surface area is 172 Å². The number of allylic oxidation sites excluding steroid dienone is 1. The molecule has 2 aromatic carbocycles. The number of rotatable bonds is 6. The molecule has 0 saturated carbocycles. The summed E-state index contributed by atoms with van der Waals surface area (Å²) in [6.45, 7) is 8.42. The number of anilines is 1. The van der Waals surface area contributed by atoms with E-state index in [0.717, 1.165) is 17.4 Å². The third-order valence-corrected chi connectivity index (χ3v) is 4.94. The minimum atomic E-state index is -3.56. The van der Waals surface area contributed by atoms with E-state index in [0.29, 0.717) is 5.56 Å². The number of sulfonamides is 1. The molecule has 0 aliphatic carbocycles. The Bertz CT molecular complexity index is 1020. The molecule has 0 aliphatic rings. The Balaban J connectivity index is 2.01. The van der Waals surface area contributed by atoms with Crippen molar-refractivity contribution in [3.8, 4) is 0 Å². The zero-order chi connectivity index (χ0) is 21.8. The van der Waals surface area contributed by atoms with Gasteiger partial charge in [0.2, 0.25) is 15.9 Å². The lowest BCUT2D eigenvalue weighted by Gasteiger charge is -2.19. The van der Waals surface area contributed by atoms with Crippen LogP contribution in [0.4, 0.5) is 10.1 Å². The lowest BCUT2D eigenvalue weighted by molar-refractivity contribution is -0.116. The van der Waals surface area contributed by atoms with E-state index in [1.165, 1.54) is 23.8 Å². The topological polar surface area (TPSA) is 75.3 Å². The van der Waals surface area contributed by atoms with E-state index in [1.807, 2.05) is 19.1 Å². The van der Waals surface area contributed by atoms with Gasteiger partial charge in [-0.05, 0) is 46.7 Å². The molecule has 1 amide bonds. The number of amides is 1. The lowest BCUT2D eigenvalue weighted by atomic mass is 9.86. The Morgan fingerprint density at radius 2 is 1.72 bits per heavy atom. The second-order valence-corrected chi connectivity index (χ2v) is 9.81. The first-order chi connectivity index (χ1) is 13.3. The third-order valence-electron chi connectivity index (χ3n) is 4.35. The van der Waals surface area contributed by atoms with Gasteiger partial charge in [0, 0.05) is 12.6 Å². The summed E-state index contributed by atoms with van der Waals surface area (Å²) in [5, 5.41) is 2.71. The van der Waals surface area contributed by atoms with Crippen LogP contribution in [0.5, 0.6) is 0 Å². The number of hydrogen-bond acceptors (Lipinski definition) is 3. The van der Waals surface area contributed by atoms with Crippen molar-refractivity contribution >= 4 is 27.2 Å². The van der Waals surface area contributed by atoms with E-state index in [9.17, 15) is 17.6 Å². The van der Waals surface area contributed by atoms with Crippen molar-refractivity contribution in [2.45, 2.75) is 39.7 Å². The van der Waals surface area contributed by atoms with E-state index in [1.54, 1.807) is 6.07 Å². The van der Waals surface area contributed by atoms with Gasteiger partial charge in [-0.15, -0.1) is 0 Å². The first-order valence-electron chi connectivity index (χ1n) is 9.18. The molecule has 0 aromatic heterocycles. The van der Waals surface area contributed by atoms with Crippen LogP contribution in [-0.2, 0) is 26.8 Å². The molecule has 0 atom stereocenters. The summed E-state index contributed by atoms with van der Waals surface area (Å²) >= 11 is 0. The maximum atomic E-state index is 14.0. The second-order valence-electron chi connectivity index (χ2n) is 8.06. The van der Waals surface area contributed by atoms with Crippen molar-refractivity contribution < 1.29 is 17.6 Å². The van der Waals surface area contributed by atoms with Crippen molar-refractivity contribution in [3.05, 3.63) is 71.0 Å². The molecule has 7 heteroatoms. The lowest BCUT2D eigenvalue weighted by Crippen LogP contribution is -2.21. The molecule has 0 saturated heterocycles. The van der Waals surface area contributed by atoms with Crippen molar-refractivity contribution in [2.75, 3.05) is 11.0 Å². The summed E-state index contributed by atoms with van der Waals surface area (Å²) in [6.07, 6.45) is 2.45. The largest absolute Gasteiger partial charge is 0.348 e. The Morgan fingerprint density at radius 3 is 2.24 bits per heavy atom. The molecule has 0 radical (unpaired) electrons. The molecule has 2 N–H and O–H groups in total. The van der Waals surface area contributed by atoms with Gasteiger partial charge in [0.05, 0.1) is 11.9 Å². The molecule has 0 aliphatic heterocycles. The van der Waals surface area contributed by atoms with E-state index in [2.05, 4.69) is 42.9 Å². The highest BCUT2D eigenvalue weighted by Gasteiger charge is 2.13. The predicted molar refractivity (Wildman–Crippen MR) is 116 cm³/mol. The molecule has 5 nitrogen and oxygen atoms in total. The minimum absolute atomic E-state index is 0.0647. The quantitative estimate of drug-likeness (QED) is 0.690. The fraction of sp³-hybridized carbons (Fsp3) is 0.318. The summed E-state index contributed by atoms with van der Waals surface area (Å²) < 4.78 is 38.5. The van der Waals surface area contributed by atoms with Gasteiger partial charge in [0.15, 0.2) is 0 Å². The number of carbonyl (C=O) groups excluding carboxylic acids is 1. The average molecular weight is 419 g/mol. The second kappa shape index (κ2) is 8.78. The molecule has 0 bridgehead atoms. The molecule has 0 spiro atoms. The van der Waals surface area contributed by atoms with Crippen LogP contribution in [0.1, 0.15) is 44.4 Å². The summed E-state index contributed by atoms with van der Waals surface area (Å²) in [5.74, 6) is -0.992. The molecule has 29 heavy (non-hydrogen) atoms. The van der Waals surface area contributed by atoms with Crippen LogP contribution < -0.4 is 10.0 Å². The van der Waals surface area contributed by atoms with Gasteiger partial charge in [-0.1, -0.05) is 51.1 Å². The van der Waals surface area contributed by atoms with Crippen LogP contribution in [0.2, 0.25) is 0 Å². The first-order valence-corrected chi connectivity index (χ1v) is 11.1. The maximum Gasteiger partial charge on any atom is 0.244 e. The van der Waals surface area contributed by atoms with E-state index < -0.39 is 15.8 Å². The molecule has 0 heterocycles. The fourth-order valence-electron chi connectivity index (χ4n) is 2.70. The van der Waals surface area contributed by atoms with Crippen molar-refractivity contribution in [3.63, 3.8) is 0 Å². The fourth-order valence-corrected chi connectivity index (χ4v) is 3.27. The molecular formula is C22H27FN2O3S. The van der Waals surface area contributed by atoms with Crippen molar-refractivity contribution in [2.24, 2.45) is 0 Å². The molecule has 156 valence electrons. The van der Waals surface area contributed by atoms with Crippen LogP contribution in [0.15, 0.2) is 48.5 Å². The van der Waals surface area contributed by atoms with Gasteiger partial charge in [-0.3, -0.25) is 9.52 Å². The Kier molecular flexibility index (Phi) is 6.85. The van der Waals surface area contributed by atoms with Gasteiger partial charge < -0.3 is 5.32 Å². The number of halogens is 1. The van der Waals surface area contributed by atoms with Crippen molar-refractivity contribution in [1.29, 1.82) is 0 Å². The summed E-state index contributed by atoms with van der Waals surface area (Å²) in [5.41, 5.74) is 3.45. The molecule has 0 fully saturated rings. The summed E-state index contributed by atoms with van der Waals surface area (Å²) in [6, 6.07) is 12.2. The minimum Gasteiger partial charge on any atom is -0.348 e. The smallest absolute Gasteiger partial charge is 0.244 e. The number of nitrogens with one attached hydrogen (secondary N) is 2. The van der Waals surface area contributed by atoms with Gasteiger partial charge >= 0.3 is 0 Å². The first kappa shape index (κ1) is 22.6. The SMILES string of the molecule is CC(=CC(=O)NCc1ccc(NS(C)(=O)=O)c(F)c1)c1ccc(C(C)(C)C)cc1. The highest BCUT2D eigenvalue weighted by Crippen LogP contribution is 2.24. The van der Waals surface area contributed by atoms with Crippen LogP contribution in [0.3, 0.4) is 0 Å². The van der Waals surface area contributed by atoms with Crippen LogP contribution in [0, 0.1) is 5.82 Å². The predicted octanol–water partition coefficient (Wildman–Crippen LogP) is 4.21. The Morgan fingerprint density at radius 1 is 1.10 bits per heavy atom. The standard InChI is InChI=1S/C22H27FN2O3S/c1-15(17-7-9-18(10-8-17)22(2,3)4)12-21(26)24-14-16-6-11-20(19(23)13-16)25-29(5,27)28/h6-13,25H,14H2,1-5H3,(H,24,26). The van der Waals surface area contributed by atoms with Gasteiger partial charge in [0.25, 0.3) is 0 Å². The van der Waals surface area contributed by atoms with E-state index >= 15 is 0 Å². The number of benzene rings is 2. The Hall–Kier alpha value is -2.67. The van der Waals surface area contributed by atoms with Gasteiger partial charge in [-0.25, -0.2) is 12.8 Å². The van der Waals surface area contributed by atoms with E-state index in [4.69, 9.17) is 0 Å². The number of hydrogen-bond donors (Lipinski definition) is 2. The third kappa shape index (κ3) is 7.02. The van der Waals surface area contributed by atoms with Crippen molar-refractivity contribution in [1.82, 2.24) is 5.32 Å². The summed E-state index contributed by atoms with van der Waals surface area (Å²) in [7, 11) is -3.56. The highest BCUT2D eigenvalue weighted by atomic mass is 32.2. The normalized spacial score (nSPS) is 12.6. The summed E-state index contributed by atoms with van der Waals surface area (Å²) in [4.78, 5) is 12.2. The highest BCUT2D eigenvalue weighted by molar-refractivity contribution is 7.92. The van der Waals surface area contributed by atoms with E-state index in [-0.39, 0.29) is 23.6 Å². The zero-order valence-corrected chi connectivity index (χ0v) is 18.2. The molecule has 0 unspecified atom stereocenters.